The van der Waals surface area contributed by atoms with E-state index in [2.05, 4.69) is 105 Å². The summed E-state index contributed by atoms with van der Waals surface area (Å²) in [6.07, 6.45) is 8.53. The zero-order valence-corrected chi connectivity index (χ0v) is 47.1. The third kappa shape index (κ3) is 10.8. The highest BCUT2D eigenvalue weighted by atomic mass is 16.5. The average Bonchev–Trinajstić information content (AvgIpc) is 1.65. The summed E-state index contributed by atoms with van der Waals surface area (Å²) in [5.41, 5.74) is 9.39. The Morgan fingerprint density at radius 1 is 0.579 bits per heavy atom. The van der Waals surface area contributed by atoms with Gasteiger partial charge in [-0.25, -0.2) is 4.98 Å². The number of ether oxygens (including phenoxy) is 1. The van der Waals surface area contributed by atoms with E-state index in [1.54, 1.807) is 12.1 Å². The van der Waals surface area contributed by atoms with E-state index in [0.717, 1.165) is 53.2 Å². The maximum Gasteiger partial charge on any atom is 0.137 e. The van der Waals surface area contributed by atoms with E-state index >= 15 is 0 Å². The van der Waals surface area contributed by atoms with Crippen LogP contribution in [0.25, 0.3) is 49.9 Å². The number of benzene rings is 7. The molecule has 0 radical (unpaired) electrons. The summed E-state index contributed by atoms with van der Waals surface area (Å²) in [5.74, 6) is 2.16. The second-order valence-corrected chi connectivity index (χ2v) is 25.2. The molecular weight excluding hydrogens is 925 g/mol. The van der Waals surface area contributed by atoms with Gasteiger partial charge in [-0.05, 0) is 134 Å². The summed E-state index contributed by atoms with van der Waals surface area (Å²) in [6, 6.07) is 35.2. The van der Waals surface area contributed by atoms with Gasteiger partial charge in [0.1, 0.15) is 24.0 Å². The highest BCUT2D eigenvalue weighted by Crippen LogP contribution is 2.51. The van der Waals surface area contributed by atoms with Crippen molar-refractivity contribution < 1.29 is 15.7 Å². The van der Waals surface area contributed by atoms with Crippen molar-refractivity contribution in [1.29, 1.82) is 0 Å². The van der Waals surface area contributed by atoms with Crippen molar-refractivity contribution in [2.75, 3.05) is 16.5 Å². The van der Waals surface area contributed by atoms with Gasteiger partial charge in [-0.2, -0.15) is 0 Å². The molecule has 0 fully saturated rings. The van der Waals surface area contributed by atoms with Gasteiger partial charge in [-0.15, -0.1) is 0 Å². The summed E-state index contributed by atoms with van der Waals surface area (Å²) in [5, 5.41) is 2.41. The molecule has 7 aromatic carbocycles. The van der Waals surface area contributed by atoms with Crippen LogP contribution in [0.1, 0.15) is 154 Å². The van der Waals surface area contributed by atoms with Crippen LogP contribution in [0.4, 0.5) is 22.7 Å². The quantitative estimate of drug-likeness (QED) is 0.108. The molecule has 0 saturated heterocycles. The molecule has 0 amide bonds. The Labute approximate surface area is 465 Å². The molecule has 5 heteroatoms. The van der Waals surface area contributed by atoms with E-state index in [-0.39, 0.29) is 53.3 Å². The van der Waals surface area contributed by atoms with Gasteiger partial charge in [0.2, 0.25) is 0 Å². The van der Waals surface area contributed by atoms with Crippen LogP contribution >= 0.6 is 0 Å². The first kappa shape index (κ1) is 43.0. The van der Waals surface area contributed by atoms with Gasteiger partial charge in [-0.1, -0.05) is 200 Å². The van der Waals surface area contributed by atoms with E-state index in [1.807, 2.05) is 102 Å². The molecule has 0 spiro atoms. The molecule has 5 nitrogen and oxygen atoms in total. The Morgan fingerprint density at radius 2 is 1.25 bits per heavy atom. The second kappa shape index (κ2) is 20.4. The van der Waals surface area contributed by atoms with Crippen molar-refractivity contribution in [1.82, 2.24) is 9.55 Å². The predicted molar refractivity (Wildman–Crippen MR) is 325 cm³/mol. The number of unbranched alkanes of at least 4 members (excludes halogenated alkanes) is 3. The number of aryl methyl sites for hydroxylation is 1. The number of anilines is 4. The number of aromatic nitrogens is 2. The van der Waals surface area contributed by atoms with Gasteiger partial charge in [0.05, 0.1) is 39.1 Å². The van der Waals surface area contributed by atoms with E-state index in [4.69, 9.17) is 13.8 Å². The van der Waals surface area contributed by atoms with Gasteiger partial charge >= 0.3 is 0 Å². The zero-order chi connectivity index (χ0) is 60.7. The molecule has 1 aliphatic heterocycles. The van der Waals surface area contributed by atoms with E-state index < -0.39 is 29.0 Å². The average molecular weight is 1010 g/mol. The number of hydrogen-bond donors (Lipinski definition) is 0. The van der Waals surface area contributed by atoms with Crippen molar-refractivity contribution in [2.24, 2.45) is 5.41 Å². The lowest BCUT2D eigenvalue weighted by atomic mass is 9.78. The molecule has 0 unspecified atom stereocenters. The van der Waals surface area contributed by atoms with Gasteiger partial charge in [-0.3, -0.25) is 4.57 Å². The lowest BCUT2D eigenvalue weighted by Gasteiger charge is -2.29. The molecule has 76 heavy (non-hydrogen) atoms. The summed E-state index contributed by atoms with van der Waals surface area (Å²) in [7, 11) is 0. The van der Waals surface area contributed by atoms with Crippen molar-refractivity contribution in [3.8, 4) is 39.6 Å². The maximum atomic E-state index is 9.99. The molecule has 0 bridgehead atoms. The molecule has 390 valence electrons. The fourth-order valence-electron chi connectivity index (χ4n) is 10.6. The SMILES string of the molecule is [2H]c1c([2H])c([2H])c(-c2cccc(-c3c([2H])c(C(C)(C)C)c([2H])c(C(C)(C)C)c3[2H])c2N2CN(c3cccc(Oc4cc(CC(C)(C)C)c5c6cc(CCCCCC)ccc6n(-c6cc(C(C)(C)C)ccn6)c5c4)c3)c3ccccc32)c([2H])c1[2H]. The third-order valence-corrected chi connectivity index (χ3v) is 14.6. The molecule has 2 aromatic heterocycles. The van der Waals surface area contributed by atoms with Crippen molar-refractivity contribution >= 4 is 44.6 Å². The summed E-state index contributed by atoms with van der Waals surface area (Å²) >= 11 is 0. The second-order valence-electron chi connectivity index (χ2n) is 25.2. The van der Waals surface area contributed by atoms with Crippen LogP contribution in [0.2, 0.25) is 0 Å². The standard InChI is InChI=1S/C71H80N4O/c1-14-15-16-18-25-48-34-35-61-60(38-48)66-51(46-68(2,3)4)41-57(45-64(66)75(61)65-43-52(36-37-72-65)69(5,6)7)76-56-29-23-28-55(44-56)73-47-74(63-33-22-21-32-62(63)73)67-58(49-26-19-17-20-27-49)30-24-31-59(67)50-39-53(70(8,9)10)42-54(40-50)71(11,12)13/h17,19-24,26-45H,14-16,18,25,46-47H2,1-13H3/i17D,19D,20D,26D,27D,39D,40D,42D. The molecular formula is C71H80N4O. The van der Waals surface area contributed by atoms with E-state index in [9.17, 15) is 6.85 Å². The minimum atomic E-state index is -0.656. The Bertz CT molecular complexity index is 3970. The number of pyridine rings is 1. The molecule has 0 aliphatic carbocycles. The monoisotopic (exact) mass is 1010 g/mol. The molecule has 0 saturated carbocycles. The molecule has 9 aromatic rings. The molecule has 10 rings (SSSR count). The summed E-state index contributed by atoms with van der Waals surface area (Å²) in [4.78, 5) is 9.29. The third-order valence-electron chi connectivity index (χ3n) is 14.6. The lowest BCUT2D eigenvalue weighted by molar-refractivity contribution is 0.411. The lowest BCUT2D eigenvalue weighted by Crippen LogP contribution is -2.25. The minimum Gasteiger partial charge on any atom is -0.457 e. The van der Waals surface area contributed by atoms with Gasteiger partial charge in [0.15, 0.2) is 0 Å². The number of rotatable bonds is 13. The first-order chi connectivity index (χ1) is 39.5. The Kier molecular flexibility index (Phi) is 11.6. The number of hydrogen-bond acceptors (Lipinski definition) is 4. The van der Waals surface area contributed by atoms with Crippen molar-refractivity contribution in [3.63, 3.8) is 0 Å². The van der Waals surface area contributed by atoms with Crippen LogP contribution in [0.5, 0.6) is 11.5 Å². The summed E-state index contributed by atoms with van der Waals surface area (Å²) < 4.78 is 83.9. The van der Waals surface area contributed by atoms with E-state index in [0.29, 0.717) is 45.0 Å². The number of para-hydroxylation sites is 3. The smallest absolute Gasteiger partial charge is 0.137 e. The van der Waals surface area contributed by atoms with Gasteiger partial charge < -0.3 is 14.5 Å². The zero-order valence-electron chi connectivity index (χ0n) is 55.1. The molecule has 1 aliphatic rings. The van der Waals surface area contributed by atoms with Crippen LogP contribution in [0.15, 0.2) is 164 Å². The largest absolute Gasteiger partial charge is 0.457 e. The van der Waals surface area contributed by atoms with E-state index in [1.165, 1.54) is 46.7 Å². The fourth-order valence-corrected chi connectivity index (χ4v) is 10.6. The van der Waals surface area contributed by atoms with Crippen molar-refractivity contribution in [3.05, 3.63) is 192 Å². The predicted octanol–water partition coefficient (Wildman–Crippen LogP) is 20.2. The topological polar surface area (TPSA) is 33.5 Å². The highest BCUT2D eigenvalue weighted by molar-refractivity contribution is 6.11. The van der Waals surface area contributed by atoms with Crippen LogP contribution in [-0.4, -0.2) is 16.2 Å². The Hall–Kier alpha value is -7.11. The Morgan fingerprint density at radius 3 is 1.92 bits per heavy atom. The van der Waals surface area contributed by atoms with Gasteiger partial charge in [0.25, 0.3) is 0 Å². The molecule has 0 N–H and O–H groups in total. The van der Waals surface area contributed by atoms with Gasteiger partial charge in [0, 0.05) is 45.9 Å². The molecule has 0 atom stereocenters. The van der Waals surface area contributed by atoms with Crippen LogP contribution in [0.3, 0.4) is 0 Å². The molecule has 3 heterocycles. The minimum absolute atomic E-state index is 0.00816. The first-order valence-electron chi connectivity index (χ1n) is 31.3. The van der Waals surface area contributed by atoms with Crippen molar-refractivity contribution in [2.45, 2.75) is 145 Å². The van der Waals surface area contributed by atoms with Crippen LogP contribution < -0.4 is 14.5 Å². The van der Waals surface area contributed by atoms with Crippen LogP contribution in [0, 0.1) is 5.41 Å². The Balaban J connectivity index is 1.14. The highest BCUT2D eigenvalue weighted by Gasteiger charge is 2.33. The summed E-state index contributed by atoms with van der Waals surface area (Å²) in [6.45, 7) is 27.9. The number of fused-ring (bicyclic) bond motifs is 4. The normalized spacial score (nSPS) is 14.8. The number of nitrogens with zero attached hydrogens (tertiary/aromatic N) is 4. The fraction of sp³-hybridized carbons (Fsp3) is 0.338. The van der Waals surface area contributed by atoms with Crippen LogP contribution in [-0.2, 0) is 29.1 Å². The maximum absolute atomic E-state index is 9.99. The first-order valence-corrected chi connectivity index (χ1v) is 27.3.